The lowest BCUT2D eigenvalue weighted by molar-refractivity contribution is -0.126. The first-order valence-electron chi connectivity index (χ1n) is 15.6. The smallest absolute Gasteiger partial charge is 0.187 e. The van der Waals surface area contributed by atoms with Gasteiger partial charge in [0.25, 0.3) is 0 Å². The molecule has 0 saturated carbocycles. The molecule has 2 N–H and O–H groups in total. The van der Waals surface area contributed by atoms with Crippen LogP contribution in [-0.2, 0) is 9.59 Å². The second-order valence-electron chi connectivity index (χ2n) is 13.6. The number of Topliss-reactive ketones (excluding diaryl/α,β-unsaturated/α-hetero) is 2. The maximum atomic E-state index is 14.8. The second kappa shape index (κ2) is 16.2. The van der Waals surface area contributed by atoms with Crippen LogP contribution in [0.5, 0.6) is 0 Å². The maximum Gasteiger partial charge on any atom is 0.187 e. The summed E-state index contributed by atoms with van der Waals surface area (Å²) in [6.45, 7) is 18.3. The average Bonchev–Trinajstić information content (AvgIpc) is 2.97. The van der Waals surface area contributed by atoms with E-state index in [1.165, 1.54) is 12.2 Å². The van der Waals surface area contributed by atoms with E-state index in [-0.39, 0.29) is 11.6 Å². The van der Waals surface area contributed by atoms with Gasteiger partial charge in [-0.25, -0.2) is 8.78 Å². The molecule has 0 heterocycles. The molecule has 0 radical (unpaired) electrons. The van der Waals surface area contributed by atoms with Crippen LogP contribution < -0.4 is 0 Å². The summed E-state index contributed by atoms with van der Waals surface area (Å²) in [5.41, 5.74) is 4.34. The van der Waals surface area contributed by atoms with Crippen LogP contribution >= 0.6 is 0 Å². The largest absolute Gasteiger partial charge is 0.385 e. The third kappa shape index (κ3) is 10.4. The lowest BCUT2D eigenvalue weighted by Gasteiger charge is -2.34. The number of rotatable bonds is 10. The standard InChI is InChI=1S/C40H50F2O4/c1-25(15-21-33(41)27(3)17-19-31-29(5)37(45)35(43)23-39(31,7)8)13-11-12-14-26(2)16-22-34(42)28(4)18-20-32-30(6)38(46)36(44)24-40(32,9)10/h11-22,35-36,43-44H,23-24H2,1-10H3/b12-11+,19-17+,20-18+,21-15+,22-16+,25-13+,26-14+,33-27-,34-28-/t35-,36-/m0/s1. The van der Waals surface area contributed by atoms with E-state index in [4.69, 9.17) is 0 Å². The zero-order valence-corrected chi connectivity index (χ0v) is 29.0. The Morgan fingerprint density at radius 2 is 0.957 bits per heavy atom. The van der Waals surface area contributed by atoms with E-state index >= 15 is 0 Å². The quantitative estimate of drug-likeness (QED) is 0.235. The Morgan fingerprint density at radius 1 is 0.630 bits per heavy atom. The van der Waals surface area contributed by atoms with Gasteiger partial charge in [-0.3, -0.25) is 9.59 Å². The summed E-state index contributed by atoms with van der Waals surface area (Å²) in [6, 6.07) is 0. The van der Waals surface area contributed by atoms with Gasteiger partial charge < -0.3 is 10.2 Å². The molecule has 2 aliphatic rings. The lowest BCUT2D eigenvalue weighted by Crippen LogP contribution is -2.35. The topological polar surface area (TPSA) is 74.6 Å². The third-order valence-electron chi connectivity index (χ3n) is 8.59. The fourth-order valence-electron chi connectivity index (χ4n) is 5.63. The highest BCUT2D eigenvalue weighted by Gasteiger charge is 2.37. The average molecular weight is 633 g/mol. The molecule has 2 rings (SSSR count). The molecule has 0 saturated heterocycles. The normalized spacial score (nSPS) is 24.5. The van der Waals surface area contributed by atoms with Gasteiger partial charge in [-0.15, -0.1) is 0 Å². The highest BCUT2D eigenvalue weighted by atomic mass is 19.1. The van der Waals surface area contributed by atoms with E-state index in [0.29, 0.717) is 35.1 Å². The molecule has 0 spiro atoms. The molecule has 4 nitrogen and oxygen atoms in total. The summed E-state index contributed by atoms with van der Waals surface area (Å²) in [5, 5.41) is 20.0. The molecular formula is C40H50F2O4. The molecule has 0 fully saturated rings. The van der Waals surface area contributed by atoms with Crippen molar-refractivity contribution in [2.24, 2.45) is 10.8 Å². The Kier molecular flexibility index (Phi) is 13.5. The van der Waals surface area contributed by atoms with Crippen LogP contribution in [0.4, 0.5) is 8.78 Å². The summed E-state index contributed by atoms with van der Waals surface area (Å²) < 4.78 is 29.5. The van der Waals surface area contributed by atoms with Gasteiger partial charge in [0.1, 0.15) is 23.9 Å². The summed E-state index contributed by atoms with van der Waals surface area (Å²) in [5.74, 6) is -1.36. The Labute approximate surface area is 274 Å². The number of aliphatic hydroxyl groups is 2. The number of ketones is 2. The van der Waals surface area contributed by atoms with Gasteiger partial charge in [-0.2, -0.15) is 0 Å². The second-order valence-corrected chi connectivity index (χ2v) is 13.6. The van der Waals surface area contributed by atoms with Crippen molar-refractivity contribution in [3.05, 3.63) is 129 Å². The van der Waals surface area contributed by atoms with E-state index in [1.807, 2.05) is 65.8 Å². The first kappa shape index (κ1) is 38.4. The Morgan fingerprint density at radius 3 is 1.28 bits per heavy atom. The first-order chi connectivity index (χ1) is 21.3. The summed E-state index contributed by atoms with van der Waals surface area (Å²) in [4.78, 5) is 24.4. The number of halogens is 2. The minimum atomic E-state index is -0.999. The molecular weight excluding hydrogens is 582 g/mol. The molecule has 0 aromatic heterocycles. The molecule has 0 aromatic carbocycles. The van der Waals surface area contributed by atoms with Crippen LogP contribution in [0.1, 0.15) is 82.1 Å². The molecule has 2 atom stereocenters. The van der Waals surface area contributed by atoms with Crippen molar-refractivity contribution in [3.8, 4) is 0 Å². The minimum absolute atomic E-state index is 0.284. The van der Waals surface area contributed by atoms with Gasteiger partial charge in [-0.05, 0) is 111 Å². The summed E-state index contributed by atoms with van der Waals surface area (Å²) in [6.07, 6.45) is 18.9. The van der Waals surface area contributed by atoms with Crippen LogP contribution in [0.15, 0.2) is 129 Å². The van der Waals surface area contributed by atoms with Crippen LogP contribution in [0.2, 0.25) is 0 Å². The molecule has 6 heteroatoms. The zero-order chi connectivity index (χ0) is 35.0. The van der Waals surface area contributed by atoms with E-state index in [2.05, 4.69) is 0 Å². The third-order valence-corrected chi connectivity index (χ3v) is 8.59. The van der Waals surface area contributed by atoms with Crippen LogP contribution in [0.3, 0.4) is 0 Å². The van der Waals surface area contributed by atoms with Gasteiger partial charge in [0.15, 0.2) is 11.6 Å². The first-order valence-corrected chi connectivity index (χ1v) is 15.6. The molecule has 2 aliphatic carbocycles. The highest BCUT2D eigenvalue weighted by molar-refractivity contribution is 6.01. The Balaban J connectivity index is 2.05. The van der Waals surface area contributed by atoms with Crippen LogP contribution in [0, 0.1) is 10.8 Å². The summed E-state index contributed by atoms with van der Waals surface area (Å²) in [7, 11) is 0. The molecule has 0 aliphatic heterocycles. The van der Waals surface area contributed by atoms with Crippen molar-refractivity contribution in [3.63, 3.8) is 0 Å². The van der Waals surface area contributed by atoms with E-state index < -0.39 is 34.7 Å². The SMILES string of the molecule is CC1=C(/C=C/C(C)=C(F)/C=C/C(C)=C/C=C/C=C(C)/C=C/C(F)=C(C)/C=C/C2=C(C)C(=O)[C@@H](O)CC2(C)C)C(C)(C)C[C@H](O)C1=O. The molecule has 0 bridgehead atoms. The predicted octanol–water partition coefficient (Wildman–Crippen LogP) is 9.50. The number of allylic oxidation sites excluding steroid dienone is 20. The number of hydrogen-bond acceptors (Lipinski definition) is 4. The Bertz CT molecular complexity index is 1440. The van der Waals surface area contributed by atoms with Gasteiger partial charge in [0.2, 0.25) is 0 Å². The van der Waals surface area contributed by atoms with E-state index in [0.717, 1.165) is 22.3 Å². The van der Waals surface area contributed by atoms with Crippen molar-refractivity contribution in [2.45, 2.75) is 94.3 Å². The minimum Gasteiger partial charge on any atom is -0.385 e. The Hall–Kier alpha value is -3.74. The highest BCUT2D eigenvalue weighted by Crippen LogP contribution is 2.41. The molecule has 46 heavy (non-hydrogen) atoms. The van der Waals surface area contributed by atoms with E-state index in [1.54, 1.807) is 64.2 Å². The van der Waals surface area contributed by atoms with Crippen molar-refractivity contribution in [1.82, 2.24) is 0 Å². The fraction of sp³-hybridized carbons (Fsp3) is 0.400. The van der Waals surface area contributed by atoms with Crippen LogP contribution in [-0.4, -0.2) is 34.0 Å². The molecule has 0 amide bonds. The molecule has 0 aromatic rings. The van der Waals surface area contributed by atoms with Crippen molar-refractivity contribution in [1.29, 1.82) is 0 Å². The number of hydrogen-bond donors (Lipinski definition) is 2. The maximum absolute atomic E-state index is 14.8. The molecule has 0 unspecified atom stereocenters. The van der Waals surface area contributed by atoms with Gasteiger partial charge in [-0.1, -0.05) is 99.6 Å². The summed E-state index contributed by atoms with van der Waals surface area (Å²) >= 11 is 0. The number of carbonyl (C=O) groups is 2. The van der Waals surface area contributed by atoms with Crippen molar-refractivity contribution < 1.29 is 28.6 Å². The van der Waals surface area contributed by atoms with Crippen molar-refractivity contribution in [2.75, 3.05) is 0 Å². The zero-order valence-electron chi connectivity index (χ0n) is 29.0. The number of aliphatic hydroxyl groups excluding tert-OH is 2. The predicted molar refractivity (Wildman–Crippen MR) is 185 cm³/mol. The van der Waals surface area contributed by atoms with Crippen molar-refractivity contribution >= 4 is 11.6 Å². The van der Waals surface area contributed by atoms with Gasteiger partial charge in [0.05, 0.1) is 0 Å². The van der Waals surface area contributed by atoms with Gasteiger partial charge in [0, 0.05) is 0 Å². The fourth-order valence-corrected chi connectivity index (χ4v) is 5.63. The van der Waals surface area contributed by atoms with Crippen LogP contribution in [0.25, 0.3) is 0 Å². The lowest BCUT2D eigenvalue weighted by atomic mass is 9.71. The monoisotopic (exact) mass is 632 g/mol. The molecule has 248 valence electrons. The van der Waals surface area contributed by atoms with Gasteiger partial charge >= 0.3 is 0 Å². The van der Waals surface area contributed by atoms with E-state index in [9.17, 15) is 28.6 Å². The number of carbonyl (C=O) groups excluding carboxylic acids is 2.